The molecule has 0 aliphatic heterocycles. The average molecular weight is 220 g/mol. The third kappa shape index (κ3) is 3.66. The van der Waals surface area contributed by atoms with Gasteiger partial charge in [-0.3, -0.25) is 4.79 Å². The number of nitrogens with two attached hydrogens (primary N) is 1. The van der Waals surface area contributed by atoms with E-state index in [9.17, 15) is 4.79 Å². The van der Waals surface area contributed by atoms with Gasteiger partial charge in [0.05, 0.1) is 0 Å². The van der Waals surface area contributed by atoms with Gasteiger partial charge in [-0.15, -0.1) is 0 Å². The van der Waals surface area contributed by atoms with Crippen LogP contribution in [0, 0.1) is 6.92 Å². The molecular weight excluding hydrogens is 200 g/mol. The highest BCUT2D eigenvalue weighted by molar-refractivity contribution is 5.94. The predicted octanol–water partition coefficient (Wildman–Crippen LogP) is 1.85. The van der Waals surface area contributed by atoms with E-state index in [1.807, 2.05) is 31.2 Å². The number of nitrogens with one attached hydrogen (secondary N) is 1. The monoisotopic (exact) mass is 220 g/mol. The highest BCUT2D eigenvalue weighted by atomic mass is 16.1. The number of rotatable bonds is 5. The Morgan fingerprint density at radius 1 is 1.50 bits per heavy atom. The second kappa shape index (κ2) is 6.28. The summed E-state index contributed by atoms with van der Waals surface area (Å²) in [6.45, 7) is 4.55. The molecule has 1 amide bonds. The van der Waals surface area contributed by atoms with Crippen molar-refractivity contribution in [1.29, 1.82) is 0 Å². The number of aryl methyl sites for hydroxylation is 1. The second-order valence-electron chi connectivity index (χ2n) is 4.06. The van der Waals surface area contributed by atoms with Crippen LogP contribution in [0.15, 0.2) is 24.3 Å². The number of amides is 1. The van der Waals surface area contributed by atoms with Gasteiger partial charge in [0.15, 0.2) is 0 Å². The van der Waals surface area contributed by atoms with Crippen molar-refractivity contribution >= 4 is 5.91 Å². The zero-order valence-corrected chi connectivity index (χ0v) is 9.99. The summed E-state index contributed by atoms with van der Waals surface area (Å²) < 4.78 is 0. The van der Waals surface area contributed by atoms with Gasteiger partial charge in [-0.05, 0) is 25.5 Å². The normalized spacial score (nSPS) is 12.2. The van der Waals surface area contributed by atoms with E-state index in [1.165, 1.54) is 0 Å². The van der Waals surface area contributed by atoms with Crippen LogP contribution in [0.25, 0.3) is 0 Å². The van der Waals surface area contributed by atoms with Gasteiger partial charge in [0.2, 0.25) is 0 Å². The lowest BCUT2D eigenvalue weighted by atomic mass is 10.1. The molecule has 3 heteroatoms. The molecule has 0 bridgehead atoms. The molecule has 0 aromatic heterocycles. The topological polar surface area (TPSA) is 55.1 Å². The number of hydrogen-bond donors (Lipinski definition) is 2. The first-order valence-corrected chi connectivity index (χ1v) is 5.75. The van der Waals surface area contributed by atoms with Crippen molar-refractivity contribution in [1.82, 2.24) is 5.32 Å². The van der Waals surface area contributed by atoms with E-state index in [1.54, 1.807) is 0 Å². The molecule has 1 aromatic rings. The van der Waals surface area contributed by atoms with Crippen LogP contribution in [0.4, 0.5) is 0 Å². The molecule has 16 heavy (non-hydrogen) atoms. The maximum Gasteiger partial charge on any atom is 0.251 e. The fourth-order valence-corrected chi connectivity index (χ4v) is 1.65. The third-order valence-electron chi connectivity index (χ3n) is 2.54. The lowest BCUT2D eigenvalue weighted by Crippen LogP contribution is -2.40. The zero-order valence-electron chi connectivity index (χ0n) is 9.99. The number of benzene rings is 1. The van der Waals surface area contributed by atoms with E-state index in [4.69, 9.17) is 5.73 Å². The van der Waals surface area contributed by atoms with Gasteiger partial charge < -0.3 is 11.1 Å². The van der Waals surface area contributed by atoms with Crippen LogP contribution < -0.4 is 11.1 Å². The molecule has 0 aliphatic rings. The third-order valence-corrected chi connectivity index (χ3v) is 2.54. The Morgan fingerprint density at radius 2 is 2.25 bits per heavy atom. The van der Waals surface area contributed by atoms with Crippen molar-refractivity contribution < 1.29 is 4.79 Å². The molecule has 0 aliphatic carbocycles. The van der Waals surface area contributed by atoms with Crippen molar-refractivity contribution in [3.63, 3.8) is 0 Å². The van der Waals surface area contributed by atoms with Gasteiger partial charge in [-0.1, -0.05) is 31.0 Å². The largest absolute Gasteiger partial charge is 0.348 e. The smallest absolute Gasteiger partial charge is 0.251 e. The molecule has 3 N–H and O–H groups in total. The molecule has 88 valence electrons. The van der Waals surface area contributed by atoms with E-state index >= 15 is 0 Å². The van der Waals surface area contributed by atoms with E-state index in [0.29, 0.717) is 12.1 Å². The van der Waals surface area contributed by atoms with Gasteiger partial charge in [-0.2, -0.15) is 0 Å². The van der Waals surface area contributed by atoms with E-state index < -0.39 is 0 Å². The van der Waals surface area contributed by atoms with Gasteiger partial charge in [0, 0.05) is 18.2 Å². The molecule has 1 aromatic carbocycles. The minimum atomic E-state index is -0.0346. The molecule has 1 rings (SSSR count). The van der Waals surface area contributed by atoms with Crippen molar-refractivity contribution in [2.45, 2.75) is 32.7 Å². The van der Waals surface area contributed by atoms with Crippen molar-refractivity contribution in [3.05, 3.63) is 35.4 Å². The Balaban J connectivity index is 2.64. The molecule has 1 unspecified atom stereocenters. The highest BCUT2D eigenvalue weighted by Crippen LogP contribution is 2.05. The fraction of sp³-hybridized carbons (Fsp3) is 0.462. The molecule has 0 spiro atoms. The number of hydrogen-bond acceptors (Lipinski definition) is 2. The Bertz CT molecular complexity index is 350. The zero-order chi connectivity index (χ0) is 12.0. The summed E-state index contributed by atoms with van der Waals surface area (Å²) in [6, 6.07) is 7.65. The number of carbonyl (C=O) groups is 1. The van der Waals surface area contributed by atoms with Gasteiger partial charge in [0.25, 0.3) is 5.91 Å². The Hall–Kier alpha value is -1.35. The summed E-state index contributed by atoms with van der Waals surface area (Å²) in [6.07, 6.45) is 1.95. The number of carbonyl (C=O) groups excluding carboxylic acids is 1. The van der Waals surface area contributed by atoms with Gasteiger partial charge in [0.1, 0.15) is 0 Å². The molecule has 1 atom stereocenters. The van der Waals surface area contributed by atoms with Crippen LogP contribution in [0.3, 0.4) is 0 Å². The summed E-state index contributed by atoms with van der Waals surface area (Å²) in [5.41, 5.74) is 7.39. The van der Waals surface area contributed by atoms with Gasteiger partial charge >= 0.3 is 0 Å². The first-order chi connectivity index (χ1) is 7.67. The van der Waals surface area contributed by atoms with Crippen LogP contribution in [0.2, 0.25) is 0 Å². The van der Waals surface area contributed by atoms with Crippen LogP contribution in [-0.2, 0) is 0 Å². The maximum atomic E-state index is 11.9. The fourth-order valence-electron chi connectivity index (χ4n) is 1.65. The molecule has 3 nitrogen and oxygen atoms in total. The van der Waals surface area contributed by atoms with Crippen LogP contribution in [0.5, 0.6) is 0 Å². The van der Waals surface area contributed by atoms with Crippen molar-refractivity contribution in [3.8, 4) is 0 Å². The second-order valence-corrected chi connectivity index (χ2v) is 4.06. The van der Waals surface area contributed by atoms with Crippen LogP contribution >= 0.6 is 0 Å². The van der Waals surface area contributed by atoms with E-state index in [2.05, 4.69) is 12.2 Å². The van der Waals surface area contributed by atoms with E-state index in [0.717, 1.165) is 18.4 Å². The van der Waals surface area contributed by atoms with Crippen LogP contribution in [-0.4, -0.2) is 18.5 Å². The molecule has 0 saturated heterocycles. The average Bonchev–Trinajstić information content (AvgIpc) is 2.28. The Morgan fingerprint density at radius 3 is 2.81 bits per heavy atom. The standard InChI is InChI=1S/C13H20N2O/c1-3-5-12(9-14)15-13(16)11-7-4-6-10(2)8-11/h4,6-8,12H,3,5,9,14H2,1-2H3,(H,15,16). The summed E-state index contributed by atoms with van der Waals surface area (Å²) in [7, 11) is 0. The quantitative estimate of drug-likeness (QED) is 0.795. The minimum absolute atomic E-state index is 0.0346. The molecular formula is C13H20N2O. The SMILES string of the molecule is CCCC(CN)NC(=O)c1cccc(C)c1. The van der Waals surface area contributed by atoms with Crippen molar-refractivity contribution in [2.75, 3.05) is 6.54 Å². The molecule has 0 radical (unpaired) electrons. The summed E-state index contributed by atoms with van der Waals surface area (Å²) >= 11 is 0. The lowest BCUT2D eigenvalue weighted by molar-refractivity contribution is 0.0936. The van der Waals surface area contributed by atoms with Gasteiger partial charge in [-0.25, -0.2) is 0 Å². The first kappa shape index (κ1) is 12.7. The maximum absolute atomic E-state index is 11.9. The predicted molar refractivity (Wildman–Crippen MR) is 66.4 cm³/mol. The molecule has 0 heterocycles. The Labute approximate surface area is 97.0 Å². The summed E-state index contributed by atoms with van der Waals surface area (Å²) in [5.74, 6) is -0.0346. The van der Waals surface area contributed by atoms with E-state index in [-0.39, 0.29) is 11.9 Å². The highest BCUT2D eigenvalue weighted by Gasteiger charge is 2.11. The molecule has 0 fully saturated rings. The minimum Gasteiger partial charge on any atom is -0.348 e. The molecule has 0 saturated carbocycles. The Kier molecular flexibility index (Phi) is 4.99. The first-order valence-electron chi connectivity index (χ1n) is 5.75. The summed E-state index contributed by atoms with van der Waals surface area (Å²) in [5, 5.41) is 2.95. The lowest BCUT2D eigenvalue weighted by Gasteiger charge is -2.15. The summed E-state index contributed by atoms with van der Waals surface area (Å²) in [4.78, 5) is 11.9. The van der Waals surface area contributed by atoms with Crippen LogP contribution in [0.1, 0.15) is 35.7 Å². The van der Waals surface area contributed by atoms with Crippen molar-refractivity contribution in [2.24, 2.45) is 5.73 Å².